The molecule has 1 aliphatic heterocycles. The lowest BCUT2D eigenvalue weighted by Gasteiger charge is -2.30. The summed E-state index contributed by atoms with van der Waals surface area (Å²) in [6.07, 6.45) is 3.26. The molecule has 148 valence electrons. The molecule has 1 fully saturated rings. The standard InChI is InChI=1S/C20H31N5O2/c1-6-9-25(3)20-22-16-13-18(27-5)17(26-4)12-15(16)19(23-20)21-14-7-10-24(2)11-8-14/h12-14H,6-11H2,1-5H3,(H,21,22,23). The molecule has 0 aliphatic carbocycles. The number of piperidine rings is 1. The first-order valence-corrected chi connectivity index (χ1v) is 9.65. The molecule has 2 aromatic rings. The van der Waals surface area contributed by atoms with Gasteiger partial charge >= 0.3 is 0 Å². The molecule has 0 atom stereocenters. The number of methoxy groups -OCH3 is 2. The minimum atomic E-state index is 0.414. The third-order valence-electron chi connectivity index (χ3n) is 5.15. The molecule has 0 unspecified atom stereocenters. The average Bonchev–Trinajstić information content (AvgIpc) is 2.68. The van der Waals surface area contributed by atoms with E-state index in [1.165, 1.54) is 0 Å². The number of ether oxygens (including phenoxy) is 2. The van der Waals surface area contributed by atoms with E-state index in [-0.39, 0.29) is 0 Å². The van der Waals surface area contributed by atoms with Crippen LogP contribution in [0.2, 0.25) is 0 Å². The number of hydrogen-bond donors (Lipinski definition) is 1. The van der Waals surface area contributed by atoms with Crippen LogP contribution in [0.5, 0.6) is 11.5 Å². The Kier molecular flexibility index (Phi) is 6.21. The molecular formula is C20H31N5O2. The maximum Gasteiger partial charge on any atom is 0.227 e. The monoisotopic (exact) mass is 373 g/mol. The Hall–Kier alpha value is -2.28. The average molecular weight is 374 g/mol. The van der Waals surface area contributed by atoms with Crippen molar-refractivity contribution in [2.24, 2.45) is 0 Å². The van der Waals surface area contributed by atoms with E-state index in [1.807, 2.05) is 19.2 Å². The van der Waals surface area contributed by atoms with Crippen LogP contribution in [0.1, 0.15) is 26.2 Å². The van der Waals surface area contributed by atoms with E-state index >= 15 is 0 Å². The highest BCUT2D eigenvalue weighted by Crippen LogP contribution is 2.35. The molecule has 0 saturated carbocycles. The lowest BCUT2D eigenvalue weighted by Crippen LogP contribution is -2.37. The van der Waals surface area contributed by atoms with E-state index in [1.54, 1.807) is 14.2 Å². The van der Waals surface area contributed by atoms with E-state index in [2.05, 4.69) is 29.1 Å². The maximum atomic E-state index is 5.49. The Morgan fingerprint density at radius 3 is 2.44 bits per heavy atom. The van der Waals surface area contributed by atoms with Crippen molar-refractivity contribution in [3.63, 3.8) is 0 Å². The second-order valence-corrected chi connectivity index (χ2v) is 7.24. The molecule has 27 heavy (non-hydrogen) atoms. The summed E-state index contributed by atoms with van der Waals surface area (Å²) in [5.74, 6) is 2.97. The third kappa shape index (κ3) is 4.35. The number of aromatic nitrogens is 2. The lowest BCUT2D eigenvalue weighted by atomic mass is 10.1. The fourth-order valence-corrected chi connectivity index (χ4v) is 3.51. The fourth-order valence-electron chi connectivity index (χ4n) is 3.51. The van der Waals surface area contributed by atoms with Crippen LogP contribution in [0.4, 0.5) is 11.8 Å². The Bertz CT molecular complexity index is 775. The molecule has 7 nitrogen and oxygen atoms in total. The van der Waals surface area contributed by atoms with Crippen LogP contribution in [0.25, 0.3) is 10.9 Å². The summed E-state index contributed by atoms with van der Waals surface area (Å²) >= 11 is 0. The van der Waals surface area contributed by atoms with Gasteiger partial charge in [0.1, 0.15) is 5.82 Å². The normalized spacial score (nSPS) is 15.7. The van der Waals surface area contributed by atoms with Gasteiger partial charge in [-0.1, -0.05) is 6.92 Å². The van der Waals surface area contributed by atoms with Crippen molar-refractivity contribution in [1.82, 2.24) is 14.9 Å². The van der Waals surface area contributed by atoms with Crippen molar-refractivity contribution >= 4 is 22.7 Å². The number of nitrogens with one attached hydrogen (secondary N) is 1. The van der Waals surface area contributed by atoms with Crippen LogP contribution in [0.15, 0.2) is 12.1 Å². The molecule has 1 saturated heterocycles. The second kappa shape index (κ2) is 8.61. The lowest BCUT2D eigenvalue weighted by molar-refractivity contribution is 0.264. The highest BCUT2D eigenvalue weighted by molar-refractivity contribution is 5.92. The van der Waals surface area contributed by atoms with Crippen LogP contribution in [-0.2, 0) is 0 Å². The number of benzene rings is 1. The highest BCUT2D eigenvalue weighted by atomic mass is 16.5. The molecule has 0 radical (unpaired) electrons. The molecule has 7 heteroatoms. The van der Waals surface area contributed by atoms with Crippen LogP contribution in [0.3, 0.4) is 0 Å². The van der Waals surface area contributed by atoms with E-state index in [9.17, 15) is 0 Å². The Labute approximate surface area is 161 Å². The summed E-state index contributed by atoms with van der Waals surface area (Å²) in [4.78, 5) is 14.1. The van der Waals surface area contributed by atoms with Crippen LogP contribution in [-0.4, -0.2) is 68.9 Å². The summed E-state index contributed by atoms with van der Waals surface area (Å²) in [5.41, 5.74) is 0.857. The zero-order valence-corrected chi connectivity index (χ0v) is 17.1. The summed E-state index contributed by atoms with van der Waals surface area (Å²) in [5, 5.41) is 4.63. The molecule has 1 N–H and O–H groups in total. The van der Waals surface area contributed by atoms with Gasteiger partial charge in [0.15, 0.2) is 11.5 Å². The van der Waals surface area contributed by atoms with Gasteiger partial charge in [-0.3, -0.25) is 0 Å². The molecule has 0 bridgehead atoms. The summed E-state index contributed by atoms with van der Waals surface area (Å²) < 4.78 is 11.0. The topological polar surface area (TPSA) is 62.8 Å². The molecule has 3 rings (SSSR count). The van der Waals surface area contributed by atoms with Crippen LogP contribution in [0, 0.1) is 0 Å². The van der Waals surface area contributed by atoms with Crippen molar-refractivity contribution in [2.45, 2.75) is 32.2 Å². The van der Waals surface area contributed by atoms with Crippen LogP contribution >= 0.6 is 0 Å². The van der Waals surface area contributed by atoms with E-state index < -0.39 is 0 Å². The Morgan fingerprint density at radius 2 is 1.81 bits per heavy atom. The summed E-state index contributed by atoms with van der Waals surface area (Å²) in [6, 6.07) is 4.31. The number of fused-ring (bicyclic) bond motifs is 1. The van der Waals surface area contributed by atoms with Gasteiger partial charge in [-0.15, -0.1) is 0 Å². The largest absolute Gasteiger partial charge is 0.493 e. The number of anilines is 2. The number of likely N-dealkylation sites (tertiary alicyclic amines) is 1. The predicted octanol–water partition coefficient (Wildman–Crippen LogP) is 3.00. The molecule has 0 spiro atoms. The second-order valence-electron chi connectivity index (χ2n) is 7.24. The minimum absolute atomic E-state index is 0.414. The Morgan fingerprint density at radius 1 is 1.15 bits per heavy atom. The van der Waals surface area contributed by atoms with Crippen molar-refractivity contribution in [3.05, 3.63) is 12.1 Å². The predicted molar refractivity (Wildman–Crippen MR) is 110 cm³/mol. The fraction of sp³-hybridized carbons (Fsp3) is 0.600. The number of rotatable bonds is 7. The number of nitrogens with zero attached hydrogens (tertiary/aromatic N) is 4. The van der Waals surface area contributed by atoms with Crippen molar-refractivity contribution in [2.75, 3.05) is 58.2 Å². The van der Waals surface area contributed by atoms with Gasteiger partial charge < -0.3 is 24.6 Å². The van der Waals surface area contributed by atoms with Gasteiger partial charge in [0.05, 0.1) is 19.7 Å². The summed E-state index contributed by atoms with van der Waals surface area (Å²) in [7, 11) is 7.50. The molecule has 2 heterocycles. The van der Waals surface area contributed by atoms with E-state index in [0.29, 0.717) is 17.5 Å². The smallest absolute Gasteiger partial charge is 0.227 e. The quantitative estimate of drug-likeness (QED) is 0.800. The van der Waals surface area contributed by atoms with Gasteiger partial charge in [-0.25, -0.2) is 4.98 Å². The molecule has 1 aromatic carbocycles. The molecule has 1 aliphatic rings. The van der Waals surface area contributed by atoms with Gasteiger partial charge in [-0.05, 0) is 45.5 Å². The van der Waals surface area contributed by atoms with E-state index in [4.69, 9.17) is 19.4 Å². The van der Waals surface area contributed by atoms with Gasteiger partial charge in [0.25, 0.3) is 0 Å². The first-order valence-electron chi connectivity index (χ1n) is 9.65. The first kappa shape index (κ1) is 19.5. The number of hydrogen-bond acceptors (Lipinski definition) is 7. The SMILES string of the molecule is CCCN(C)c1nc(NC2CCN(C)CC2)c2cc(OC)c(OC)cc2n1. The zero-order chi connectivity index (χ0) is 19.4. The van der Waals surface area contributed by atoms with Gasteiger partial charge in [0, 0.05) is 31.1 Å². The summed E-state index contributed by atoms with van der Waals surface area (Å²) in [6.45, 7) is 5.26. The van der Waals surface area contributed by atoms with E-state index in [0.717, 1.165) is 61.6 Å². The molecule has 1 aromatic heterocycles. The van der Waals surface area contributed by atoms with Gasteiger partial charge in [-0.2, -0.15) is 4.98 Å². The maximum absolute atomic E-state index is 5.49. The first-order chi connectivity index (χ1) is 13.0. The molecular weight excluding hydrogens is 342 g/mol. The highest BCUT2D eigenvalue weighted by Gasteiger charge is 2.20. The van der Waals surface area contributed by atoms with Crippen molar-refractivity contribution < 1.29 is 9.47 Å². The Balaban J connectivity index is 2.03. The minimum Gasteiger partial charge on any atom is -0.493 e. The van der Waals surface area contributed by atoms with Crippen LogP contribution < -0.4 is 19.7 Å². The van der Waals surface area contributed by atoms with Crippen molar-refractivity contribution in [1.29, 1.82) is 0 Å². The van der Waals surface area contributed by atoms with Gasteiger partial charge in [0.2, 0.25) is 5.95 Å². The molecule has 0 amide bonds. The van der Waals surface area contributed by atoms with Crippen molar-refractivity contribution in [3.8, 4) is 11.5 Å². The third-order valence-corrected chi connectivity index (χ3v) is 5.15. The zero-order valence-electron chi connectivity index (χ0n) is 17.1.